The van der Waals surface area contributed by atoms with E-state index < -0.39 is 0 Å². The summed E-state index contributed by atoms with van der Waals surface area (Å²) in [6.07, 6.45) is 3.59. The number of methoxy groups -OCH3 is 1. The summed E-state index contributed by atoms with van der Waals surface area (Å²) in [7, 11) is 1.70. The van der Waals surface area contributed by atoms with E-state index in [2.05, 4.69) is 5.32 Å². The van der Waals surface area contributed by atoms with Crippen LogP contribution in [0.1, 0.15) is 12.2 Å². The van der Waals surface area contributed by atoms with Crippen LogP contribution in [0.3, 0.4) is 0 Å². The Hall–Kier alpha value is -0.840. The van der Waals surface area contributed by atoms with Crippen LogP contribution in [-0.2, 0) is 15.9 Å². The van der Waals surface area contributed by atoms with Crippen LogP contribution in [0.25, 0.3) is 0 Å². The van der Waals surface area contributed by atoms with Crippen LogP contribution in [0, 0.1) is 0 Å². The third-order valence-electron chi connectivity index (χ3n) is 2.19. The van der Waals surface area contributed by atoms with Crippen molar-refractivity contribution in [2.24, 2.45) is 0 Å². The second kappa shape index (κ2) is 9.39. The zero-order valence-corrected chi connectivity index (χ0v) is 9.91. The average Bonchev–Trinajstić information content (AvgIpc) is 2.80. The van der Waals surface area contributed by atoms with Gasteiger partial charge in [0, 0.05) is 39.8 Å². The molecule has 16 heavy (non-hydrogen) atoms. The lowest BCUT2D eigenvalue weighted by Gasteiger charge is -2.05. The molecule has 0 atom stereocenters. The van der Waals surface area contributed by atoms with Crippen molar-refractivity contribution >= 4 is 0 Å². The monoisotopic (exact) mass is 227 g/mol. The van der Waals surface area contributed by atoms with E-state index in [1.807, 2.05) is 12.1 Å². The van der Waals surface area contributed by atoms with E-state index in [4.69, 9.17) is 13.9 Å². The topological polar surface area (TPSA) is 43.6 Å². The van der Waals surface area contributed by atoms with Gasteiger partial charge in [0.05, 0.1) is 12.9 Å². The third-order valence-corrected chi connectivity index (χ3v) is 2.19. The van der Waals surface area contributed by atoms with Crippen molar-refractivity contribution in [1.29, 1.82) is 0 Å². The number of nitrogens with one attached hydrogen (secondary N) is 1. The molecule has 4 nitrogen and oxygen atoms in total. The zero-order valence-electron chi connectivity index (χ0n) is 9.91. The van der Waals surface area contributed by atoms with Crippen LogP contribution in [-0.4, -0.2) is 40.0 Å². The fraction of sp³-hybridized carbons (Fsp3) is 0.667. The molecule has 0 aliphatic rings. The highest BCUT2D eigenvalue weighted by molar-refractivity contribution is 4.98. The summed E-state index contributed by atoms with van der Waals surface area (Å²) in [6.45, 7) is 4.10. The molecule has 1 rings (SSSR count). The Morgan fingerprint density at radius 1 is 1.25 bits per heavy atom. The van der Waals surface area contributed by atoms with Gasteiger partial charge in [0.15, 0.2) is 0 Å². The van der Waals surface area contributed by atoms with Crippen LogP contribution >= 0.6 is 0 Å². The largest absolute Gasteiger partial charge is 0.469 e. The average molecular weight is 227 g/mol. The number of ether oxygens (including phenoxy) is 2. The zero-order chi connectivity index (χ0) is 11.5. The Balaban J connectivity index is 1.78. The van der Waals surface area contributed by atoms with Gasteiger partial charge in [0.1, 0.15) is 5.76 Å². The molecule has 1 aromatic rings. The van der Waals surface area contributed by atoms with Gasteiger partial charge >= 0.3 is 0 Å². The van der Waals surface area contributed by atoms with Gasteiger partial charge in [0.25, 0.3) is 0 Å². The number of hydrogen-bond acceptors (Lipinski definition) is 4. The van der Waals surface area contributed by atoms with Gasteiger partial charge in [-0.15, -0.1) is 0 Å². The Bertz CT molecular complexity index is 236. The van der Waals surface area contributed by atoms with E-state index in [0.717, 1.165) is 51.5 Å². The maximum atomic E-state index is 5.41. The number of furan rings is 1. The van der Waals surface area contributed by atoms with E-state index in [0.29, 0.717) is 0 Å². The van der Waals surface area contributed by atoms with Crippen molar-refractivity contribution in [3.8, 4) is 0 Å². The summed E-state index contributed by atoms with van der Waals surface area (Å²) in [5.41, 5.74) is 0. The predicted octanol–water partition coefficient (Wildman–Crippen LogP) is 1.46. The fourth-order valence-electron chi connectivity index (χ4n) is 1.34. The summed E-state index contributed by atoms with van der Waals surface area (Å²) >= 11 is 0. The highest BCUT2D eigenvalue weighted by atomic mass is 16.5. The van der Waals surface area contributed by atoms with Crippen molar-refractivity contribution < 1.29 is 13.9 Å². The molecule has 92 valence electrons. The normalized spacial score (nSPS) is 10.8. The maximum absolute atomic E-state index is 5.41. The van der Waals surface area contributed by atoms with E-state index in [1.165, 1.54) is 0 Å². The summed E-state index contributed by atoms with van der Waals surface area (Å²) in [5, 5.41) is 3.30. The molecule has 0 radical (unpaired) electrons. The molecule has 0 unspecified atom stereocenters. The van der Waals surface area contributed by atoms with Crippen molar-refractivity contribution in [2.75, 3.05) is 40.0 Å². The highest BCUT2D eigenvalue weighted by Crippen LogP contribution is 1.99. The molecule has 0 aliphatic heterocycles. The first kappa shape index (κ1) is 13.2. The lowest BCUT2D eigenvalue weighted by Crippen LogP contribution is -2.22. The Morgan fingerprint density at radius 2 is 2.19 bits per heavy atom. The minimum atomic E-state index is 0.752. The van der Waals surface area contributed by atoms with Gasteiger partial charge in [0.2, 0.25) is 0 Å². The van der Waals surface area contributed by atoms with E-state index in [9.17, 15) is 0 Å². The van der Waals surface area contributed by atoms with Gasteiger partial charge in [-0.1, -0.05) is 0 Å². The predicted molar refractivity (Wildman–Crippen MR) is 62.6 cm³/mol. The summed E-state index contributed by atoms with van der Waals surface area (Å²) in [5.74, 6) is 1.02. The molecule has 0 aromatic carbocycles. The molecule has 0 saturated carbocycles. The summed E-state index contributed by atoms with van der Waals surface area (Å²) < 4.78 is 15.5. The first-order valence-electron chi connectivity index (χ1n) is 5.73. The second-order valence-electron chi connectivity index (χ2n) is 3.54. The van der Waals surface area contributed by atoms with Gasteiger partial charge < -0.3 is 19.2 Å². The van der Waals surface area contributed by atoms with Crippen LogP contribution < -0.4 is 5.32 Å². The Kier molecular flexibility index (Phi) is 7.76. The molecule has 0 spiro atoms. The van der Waals surface area contributed by atoms with Crippen LogP contribution in [0.2, 0.25) is 0 Å². The minimum absolute atomic E-state index is 0.752. The molecule has 0 bridgehead atoms. The maximum Gasteiger partial charge on any atom is 0.105 e. The van der Waals surface area contributed by atoms with Gasteiger partial charge in [-0.25, -0.2) is 0 Å². The molecular weight excluding hydrogens is 206 g/mol. The SMILES string of the molecule is COCCCOCCNCCc1ccco1. The summed E-state index contributed by atoms with van der Waals surface area (Å²) in [4.78, 5) is 0. The van der Waals surface area contributed by atoms with Gasteiger partial charge in [-0.2, -0.15) is 0 Å². The first-order valence-corrected chi connectivity index (χ1v) is 5.73. The molecule has 1 heterocycles. The van der Waals surface area contributed by atoms with E-state index in [-0.39, 0.29) is 0 Å². The summed E-state index contributed by atoms with van der Waals surface area (Å²) in [6, 6.07) is 3.90. The fourth-order valence-corrected chi connectivity index (χ4v) is 1.34. The molecule has 0 fully saturated rings. The highest BCUT2D eigenvalue weighted by Gasteiger charge is 1.94. The standard InChI is InChI=1S/C12H21NO3/c1-14-8-3-9-15-11-7-13-6-5-12-4-2-10-16-12/h2,4,10,13H,3,5-9,11H2,1H3. The molecular formula is C12H21NO3. The molecule has 0 saturated heterocycles. The second-order valence-corrected chi connectivity index (χ2v) is 3.54. The van der Waals surface area contributed by atoms with Crippen molar-refractivity contribution in [2.45, 2.75) is 12.8 Å². The molecule has 4 heteroatoms. The van der Waals surface area contributed by atoms with Crippen LogP contribution in [0.4, 0.5) is 0 Å². The van der Waals surface area contributed by atoms with Crippen LogP contribution in [0.5, 0.6) is 0 Å². The third kappa shape index (κ3) is 6.61. The van der Waals surface area contributed by atoms with Crippen molar-refractivity contribution in [1.82, 2.24) is 5.32 Å². The lowest BCUT2D eigenvalue weighted by atomic mass is 10.3. The van der Waals surface area contributed by atoms with Crippen molar-refractivity contribution in [3.05, 3.63) is 24.2 Å². The number of hydrogen-bond donors (Lipinski definition) is 1. The Morgan fingerprint density at radius 3 is 2.94 bits per heavy atom. The van der Waals surface area contributed by atoms with Gasteiger partial charge in [-0.3, -0.25) is 0 Å². The molecule has 1 N–H and O–H groups in total. The minimum Gasteiger partial charge on any atom is -0.469 e. The molecule has 0 aliphatic carbocycles. The Labute approximate surface area is 96.9 Å². The molecule has 1 aromatic heterocycles. The van der Waals surface area contributed by atoms with Gasteiger partial charge in [-0.05, 0) is 18.6 Å². The van der Waals surface area contributed by atoms with E-state index in [1.54, 1.807) is 13.4 Å². The molecule has 0 amide bonds. The van der Waals surface area contributed by atoms with Crippen LogP contribution in [0.15, 0.2) is 22.8 Å². The van der Waals surface area contributed by atoms with E-state index >= 15 is 0 Å². The number of rotatable bonds is 10. The first-order chi connectivity index (χ1) is 7.93. The quantitative estimate of drug-likeness (QED) is 0.615. The lowest BCUT2D eigenvalue weighted by molar-refractivity contribution is 0.104. The smallest absolute Gasteiger partial charge is 0.105 e. The van der Waals surface area contributed by atoms with Crippen molar-refractivity contribution in [3.63, 3.8) is 0 Å².